The lowest BCUT2D eigenvalue weighted by molar-refractivity contribution is 0.0491. The van der Waals surface area contributed by atoms with Crippen LogP contribution in [0.4, 0.5) is 15.4 Å². The average molecular weight is 472 g/mol. The predicted octanol–water partition coefficient (Wildman–Crippen LogP) is 3.31. The van der Waals surface area contributed by atoms with Crippen molar-refractivity contribution in [1.29, 1.82) is 0 Å². The first-order chi connectivity index (χ1) is 16.2. The molecule has 3 rings (SSSR count). The maximum atomic E-state index is 12.9. The van der Waals surface area contributed by atoms with E-state index in [9.17, 15) is 9.59 Å². The van der Waals surface area contributed by atoms with E-state index in [4.69, 9.17) is 9.47 Å². The third-order valence-corrected chi connectivity index (χ3v) is 5.32. The minimum Gasteiger partial charge on any atom is -0.467 e. The van der Waals surface area contributed by atoms with Crippen molar-refractivity contribution in [1.82, 2.24) is 30.6 Å². The molecule has 11 nitrogen and oxygen atoms in total. The molecule has 1 aliphatic rings. The molecule has 184 valence electrons. The number of alkyl carbamates (subject to hydrolysis) is 1. The van der Waals surface area contributed by atoms with Crippen molar-refractivity contribution < 1.29 is 19.1 Å². The normalized spacial score (nSPS) is 18.0. The van der Waals surface area contributed by atoms with Crippen molar-refractivity contribution in [3.8, 4) is 17.3 Å². The highest BCUT2D eigenvalue weighted by atomic mass is 16.6. The van der Waals surface area contributed by atoms with E-state index in [1.54, 1.807) is 29.7 Å². The van der Waals surface area contributed by atoms with Gasteiger partial charge in [-0.1, -0.05) is 0 Å². The molecule has 0 aromatic carbocycles. The summed E-state index contributed by atoms with van der Waals surface area (Å²) < 4.78 is 10.3. The monoisotopic (exact) mass is 471 g/mol. The molecule has 0 saturated heterocycles. The summed E-state index contributed by atoms with van der Waals surface area (Å²) in [5, 5.41) is 5.80. The number of methoxy groups -OCH3 is 1. The molecule has 2 aromatic rings. The zero-order valence-corrected chi connectivity index (χ0v) is 20.4. The molecule has 1 fully saturated rings. The Bertz CT molecular complexity index is 953. The number of anilines is 1. The Labute approximate surface area is 199 Å². The predicted molar refractivity (Wildman–Crippen MR) is 127 cm³/mol. The molecule has 0 aliphatic heterocycles. The first kappa shape index (κ1) is 25.1. The molecular weight excluding hydrogens is 438 g/mol. The second-order valence-electron chi connectivity index (χ2n) is 9.08. The summed E-state index contributed by atoms with van der Waals surface area (Å²) in [6.45, 7) is 7.88. The number of hydrogen-bond donors (Lipinski definition) is 2. The fourth-order valence-corrected chi connectivity index (χ4v) is 3.79. The quantitative estimate of drug-likeness (QED) is 0.656. The van der Waals surface area contributed by atoms with E-state index in [0.29, 0.717) is 36.5 Å². The molecule has 0 unspecified atom stereocenters. The summed E-state index contributed by atoms with van der Waals surface area (Å²) in [5.74, 6) is 0.465. The van der Waals surface area contributed by atoms with Crippen molar-refractivity contribution >= 4 is 17.9 Å². The number of aromatic nitrogens is 4. The summed E-state index contributed by atoms with van der Waals surface area (Å²) in [4.78, 5) is 43.8. The SMILES string of the molecule is CCNC(=O)N(c1cnc(-c2cnc(OC)nc2)cn1)[C@H]1CC[C@H](NC(=O)OC(C)(C)C)CC1. The topological polar surface area (TPSA) is 131 Å². The third kappa shape index (κ3) is 6.75. The second-order valence-corrected chi connectivity index (χ2v) is 9.08. The largest absolute Gasteiger partial charge is 0.467 e. The Morgan fingerprint density at radius 1 is 1.03 bits per heavy atom. The third-order valence-electron chi connectivity index (χ3n) is 5.32. The van der Waals surface area contributed by atoms with E-state index in [-0.39, 0.29) is 24.1 Å². The Kier molecular flexibility index (Phi) is 8.19. The Balaban J connectivity index is 1.69. The molecule has 0 bridgehead atoms. The molecule has 3 amide bonds. The van der Waals surface area contributed by atoms with E-state index >= 15 is 0 Å². The fourth-order valence-electron chi connectivity index (χ4n) is 3.79. The van der Waals surface area contributed by atoms with Gasteiger partial charge in [0.1, 0.15) is 5.60 Å². The Morgan fingerprint density at radius 3 is 2.24 bits per heavy atom. The minimum absolute atomic E-state index is 0.00529. The molecule has 0 spiro atoms. The van der Waals surface area contributed by atoms with Gasteiger partial charge >= 0.3 is 18.1 Å². The van der Waals surface area contributed by atoms with Gasteiger partial charge in [0.15, 0.2) is 5.82 Å². The van der Waals surface area contributed by atoms with Crippen LogP contribution in [0.5, 0.6) is 6.01 Å². The van der Waals surface area contributed by atoms with Crippen LogP contribution in [0.2, 0.25) is 0 Å². The van der Waals surface area contributed by atoms with Crippen LogP contribution < -0.4 is 20.3 Å². The van der Waals surface area contributed by atoms with Crippen LogP contribution in [0.3, 0.4) is 0 Å². The average Bonchev–Trinajstić information content (AvgIpc) is 2.80. The highest BCUT2D eigenvalue weighted by Gasteiger charge is 2.32. The van der Waals surface area contributed by atoms with Gasteiger partial charge in [0.25, 0.3) is 0 Å². The fraction of sp³-hybridized carbons (Fsp3) is 0.565. The highest BCUT2D eigenvalue weighted by molar-refractivity contribution is 5.91. The van der Waals surface area contributed by atoms with Crippen molar-refractivity contribution in [2.75, 3.05) is 18.6 Å². The van der Waals surface area contributed by atoms with Crippen molar-refractivity contribution in [3.05, 3.63) is 24.8 Å². The lowest BCUT2D eigenvalue weighted by Crippen LogP contribution is -2.50. The summed E-state index contributed by atoms with van der Waals surface area (Å²) >= 11 is 0. The van der Waals surface area contributed by atoms with E-state index in [1.807, 2.05) is 27.7 Å². The molecule has 2 heterocycles. The van der Waals surface area contributed by atoms with Crippen LogP contribution in [-0.2, 0) is 4.74 Å². The standard InChI is InChI=1S/C23H33N7O4/c1-6-24-21(31)30(17-9-7-16(8-10-17)29-22(32)34-23(2,3)4)19-14-25-18(13-26-19)15-11-27-20(33-5)28-12-15/h11-14,16-17H,6-10H2,1-5H3,(H,24,31)(H,29,32)/t16-,17-. The summed E-state index contributed by atoms with van der Waals surface area (Å²) in [6.07, 6.45) is 8.87. The van der Waals surface area contributed by atoms with Gasteiger partial charge in [-0.3, -0.25) is 9.88 Å². The van der Waals surface area contributed by atoms with Gasteiger partial charge in [-0.05, 0) is 53.4 Å². The van der Waals surface area contributed by atoms with Gasteiger partial charge in [0.2, 0.25) is 0 Å². The molecule has 2 aromatic heterocycles. The van der Waals surface area contributed by atoms with Crippen LogP contribution in [0.1, 0.15) is 53.4 Å². The number of nitrogens with zero attached hydrogens (tertiary/aromatic N) is 5. The molecule has 1 saturated carbocycles. The number of amides is 3. The first-order valence-electron chi connectivity index (χ1n) is 11.4. The number of hydrogen-bond acceptors (Lipinski definition) is 8. The number of carbonyl (C=O) groups is 2. The van der Waals surface area contributed by atoms with E-state index in [1.165, 1.54) is 7.11 Å². The zero-order chi connectivity index (χ0) is 24.7. The maximum absolute atomic E-state index is 12.9. The molecule has 1 aliphatic carbocycles. The summed E-state index contributed by atoms with van der Waals surface area (Å²) in [6, 6.07) is -0.00758. The van der Waals surface area contributed by atoms with E-state index in [2.05, 4.69) is 30.6 Å². The number of carbonyl (C=O) groups excluding carboxylic acids is 2. The van der Waals surface area contributed by atoms with E-state index < -0.39 is 11.7 Å². The molecule has 0 atom stereocenters. The lowest BCUT2D eigenvalue weighted by atomic mass is 9.90. The van der Waals surface area contributed by atoms with Crippen LogP contribution in [-0.4, -0.2) is 63.4 Å². The Hall–Kier alpha value is -3.50. The molecule has 34 heavy (non-hydrogen) atoms. The van der Waals surface area contributed by atoms with Gasteiger partial charge in [0, 0.05) is 36.6 Å². The van der Waals surface area contributed by atoms with Crippen molar-refractivity contribution in [2.45, 2.75) is 71.1 Å². The lowest BCUT2D eigenvalue weighted by Gasteiger charge is -2.36. The minimum atomic E-state index is -0.543. The van der Waals surface area contributed by atoms with Crippen molar-refractivity contribution in [3.63, 3.8) is 0 Å². The van der Waals surface area contributed by atoms with Gasteiger partial charge in [-0.25, -0.2) is 24.5 Å². The number of rotatable bonds is 6. The smallest absolute Gasteiger partial charge is 0.407 e. The Morgan fingerprint density at radius 2 is 1.71 bits per heavy atom. The van der Waals surface area contributed by atoms with Crippen LogP contribution in [0, 0.1) is 0 Å². The van der Waals surface area contributed by atoms with Crippen LogP contribution in [0.15, 0.2) is 24.8 Å². The van der Waals surface area contributed by atoms with Crippen LogP contribution in [0.25, 0.3) is 11.3 Å². The van der Waals surface area contributed by atoms with Gasteiger partial charge in [-0.15, -0.1) is 0 Å². The molecule has 0 radical (unpaired) electrons. The maximum Gasteiger partial charge on any atom is 0.407 e. The van der Waals surface area contributed by atoms with Gasteiger partial charge in [-0.2, -0.15) is 0 Å². The van der Waals surface area contributed by atoms with Gasteiger partial charge < -0.3 is 20.1 Å². The molecular formula is C23H33N7O4. The number of nitrogens with one attached hydrogen (secondary N) is 2. The van der Waals surface area contributed by atoms with Gasteiger partial charge in [0.05, 0.1) is 25.2 Å². The summed E-state index contributed by atoms with van der Waals surface area (Å²) in [7, 11) is 1.50. The molecule has 11 heteroatoms. The summed E-state index contributed by atoms with van der Waals surface area (Å²) in [5.41, 5.74) is 0.740. The number of ether oxygens (including phenoxy) is 2. The van der Waals surface area contributed by atoms with E-state index in [0.717, 1.165) is 12.8 Å². The second kappa shape index (κ2) is 11.1. The zero-order valence-electron chi connectivity index (χ0n) is 20.4. The number of urea groups is 1. The van der Waals surface area contributed by atoms with Crippen LogP contribution >= 0.6 is 0 Å². The van der Waals surface area contributed by atoms with Crippen molar-refractivity contribution in [2.24, 2.45) is 0 Å². The first-order valence-corrected chi connectivity index (χ1v) is 11.4. The molecule has 2 N–H and O–H groups in total. The highest BCUT2D eigenvalue weighted by Crippen LogP contribution is 2.28.